The molecule has 12 heteroatoms. The lowest BCUT2D eigenvalue weighted by molar-refractivity contribution is -0.113. The smallest absolute Gasteiger partial charge is 0.264 e. The van der Waals surface area contributed by atoms with E-state index in [-0.39, 0.29) is 17.6 Å². The van der Waals surface area contributed by atoms with Gasteiger partial charge in [-0.2, -0.15) is 5.10 Å². The molecule has 0 unspecified atom stereocenters. The highest BCUT2D eigenvalue weighted by atomic mass is 32.2. The minimum atomic E-state index is -0.250. The number of nitrogen functional groups attached to an aromatic ring is 1. The van der Waals surface area contributed by atoms with E-state index < -0.39 is 0 Å². The van der Waals surface area contributed by atoms with Gasteiger partial charge in [-0.3, -0.25) is 4.79 Å². The number of methoxy groups -OCH3 is 2. The topological polar surface area (TPSA) is 132 Å². The summed E-state index contributed by atoms with van der Waals surface area (Å²) in [6.45, 7) is 0. The number of benzene rings is 2. The zero-order valence-corrected chi connectivity index (χ0v) is 19.6. The molecular formula is C21H26N8O3S. The Balaban J connectivity index is 1.54. The molecule has 0 fully saturated rings. The zero-order chi connectivity index (χ0) is 23.8. The van der Waals surface area contributed by atoms with E-state index in [9.17, 15) is 4.79 Å². The van der Waals surface area contributed by atoms with Crippen LogP contribution >= 0.6 is 11.8 Å². The summed E-state index contributed by atoms with van der Waals surface area (Å²) in [6.07, 6.45) is 1.65. The average Bonchev–Trinajstić information content (AvgIpc) is 3.17. The molecule has 4 N–H and O–H groups in total. The molecule has 0 aliphatic heterocycles. The van der Waals surface area contributed by atoms with Crippen molar-refractivity contribution < 1.29 is 14.3 Å². The number of nitrogens with one attached hydrogen (secondary N) is 2. The predicted octanol–water partition coefficient (Wildman–Crippen LogP) is 2.25. The molecule has 174 valence electrons. The number of thioether (sulfide) groups is 1. The molecule has 1 aromatic heterocycles. The number of hydrogen-bond donors (Lipinski definition) is 3. The van der Waals surface area contributed by atoms with Crippen molar-refractivity contribution in [1.82, 2.24) is 14.9 Å². The second kappa shape index (κ2) is 11.1. The summed E-state index contributed by atoms with van der Waals surface area (Å²) in [5.74, 6) is 7.21. The predicted molar refractivity (Wildman–Crippen MR) is 131 cm³/mol. The second-order valence-corrected chi connectivity index (χ2v) is 7.88. The first-order valence-corrected chi connectivity index (χ1v) is 10.8. The maximum Gasteiger partial charge on any atom is 0.264 e. The van der Waals surface area contributed by atoms with Gasteiger partial charge in [-0.15, -0.1) is 10.2 Å². The van der Waals surface area contributed by atoms with Gasteiger partial charge in [0.15, 0.2) is 0 Å². The molecule has 0 aliphatic carbocycles. The lowest BCUT2D eigenvalue weighted by atomic mass is 10.2. The molecular weight excluding hydrogens is 444 g/mol. The van der Waals surface area contributed by atoms with Crippen molar-refractivity contribution in [1.29, 1.82) is 0 Å². The van der Waals surface area contributed by atoms with E-state index in [1.54, 1.807) is 31.5 Å². The highest BCUT2D eigenvalue weighted by molar-refractivity contribution is 7.99. The molecule has 0 spiro atoms. The van der Waals surface area contributed by atoms with Crippen molar-refractivity contribution >= 4 is 41.2 Å². The lowest BCUT2D eigenvalue weighted by Crippen LogP contribution is -2.17. The van der Waals surface area contributed by atoms with Crippen LogP contribution in [0.15, 0.2) is 52.7 Å². The Morgan fingerprint density at radius 2 is 1.94 bits per heavy atom. The van der Waals surface area contributed by atoms with E-state index in [4.69, 9.17) is 15.3 Å². The summed E-state index contributed by atoms with van der Waals surface area (Å²) in [5, 5.41) is 15.3. The lowest BCUT2D eigenvalue weighted by Gasteiger charge is -2.11. The summed E-state index contributed by atoms with van der Waals surface area (Å²) in [5.41, 5.74) is 5.30. The number of hydrazone groups is 1. The Morgan fingerprint density at radius 1 is 1.18 bits per heavy atom. The molecule has 3 rings (SSSR count). The Hall–Kier alpha value is -3.93. The van der Waals surface area contributed by atoms with Crippen LogP contribution < -0.4 is 31.0 Å². The number of nitrogens with zero attached hydrogens (tertiary/aromatic N) is 5. The quantitative estimate of drug-likeness (QED) is 0.177. The van der Waals surface area contributed by atoms with Crippen LogP contribution in [0.5, 0.6) is 11.5 Å². The number of nitrogens with two attached hydrogens (primary N) is 1. The van der Waals surface area contributed by atoms with Crippen molar-refractivity contribution in [3.8, 4) is 11.5 Å². The highest BCUT2D eigenvalue weighted by Gasteiger charge is 2.14. The minimum Gasteiger partial charge on any atom is -0.497 e. The number of anilines is 3. The summed E-state index contributed by atoms with van der Waals surface area (Å²) < 4.78 is 11.7. The Labute approximate surface area is 195 Å². The van der Waals surface area contributed by atoms with Crippen LogP contribution in [0.2, 0.25) is 0 Å². The Morgan fingerprint density at radius 3 is 2.61 bits per heavy atom. The third kappa shape index (κ3) is 6.29. The van der Waals surface area contributed by atoms with Gasteiger partial charge in [0.05, 0.1) is 31.9 Å². The molecule has 1 heterocycles. The third-order valence-electron chi connectivity index (χ3n) is 4.47. The van der Waals surface area contributed by atoms with Gasteiger partial charge in [0.2, 0.25) is 11.1 Å². The van der Waals surface area contributed by atoms with Gasteiger partial charge >= 0.3 is 0 Å². The molecule has 0 aliphatic rings. The van der Waals surface area contributed by atoms with E-state index >= 15 is 0 Å². The van der Waals surface area contributed by atoms with Crippen LogP contribution in [0.3, 0.4) is 0 Å². The molecule has 33 heavy (non-hydrogen) atoms. The maximum absolute atomic E-state index is 12.4. The number of carbonyl (C=O) groups is 1. The number of rotatable bonds is 10. The number of hydrogen-bond acceptors (Lipinski definition) is 10. The van der Waals surface area contributed by atoms with Gasteiger partial charge in [0, 0.05) is 25.8 Å². The highest BCUT2D eigenvalue weighted by Crippen LogP contribution is 2.29. The fraction of sp³-hybridized carbons (Fsp3) is 0.238. The van der Waals surface area contributed by atoms with E-state index in [2.05, 4.69) is 26.0 Å². The second-order valence-electron chi connectivity index (χ2n) is 6.94. The van der Waals surface area contributed by atoms with Crippen LogP contribution in [0.4, 0.5) is 17.3 Å². The van der Waals surface area contributed by atoms with Crippen molar-refractivity contribution in [2.75, 3.05) is 55.6 Å². The first-order valence-electron chi connectivity index (χ1n) is 9.83. The van der Waals surface area contributed by atoms with Crippen molar-refractivity contribution in [3.63, 3.8) is 0 Å². The fourth-order valence-corrected chi connectivity index (χ4v) is 3.35. The fourth-order valence-electron chi connectivity index (χ4n) is 2.69. The summed E-state index contributed by atoms with van der Waals surface area (Å²) in [7, 11) is 7.04. The average molecular weight is 471 g/mol. The van der Waals surface area contributed by atoms with Crippen molar-refractivity contribution in [3.05, 3.63) is 48.0 Å². The van der Waals surface area contributed by atoms with Gasteiger partial charge < -0.3 is 25.5 Å². The van der Waals surface area contributed by atoms with Crippen LogP contribution in [0.25, 0.3) is 0 Å². The van der Waals surface area contributed by atoms with Crippen LogP contribution in [0.1, 0.15) is 5.56 Å². The molecule has 0 radical (unpaired) electrons. The number of ether oxygens (including phenoxy) is 2. The molecule has 1 amide bonds. The number of aromatic nitrogens is 3. The van der Waals surface area contributed by atoms with Gasteiger partial charge in [-0.1, -0.05) is 23.9 Å². The SMILES string of the molecule is COc1ccc(NC(=O)CSc2nnc(N/N=C/c3ccc(N(C)C)cc3)n2N)c(OC)c1. The first-order chi connectivity index (χ1) is 15.9. The number of amides is 1. The Bertz CT molecular complexity index is 1120. The van der Waals surface area contributed by atoms with Gasteiger partial charge in [-0.05, 0) is 29.8 Å². The van der Waals surface area contributed by atoms with Crippen LogP contribution in [-0.4, -0.2) is 61.1 Å². The monoisotopic (exact) mass is 470 g/mol. The zero-order valence-electron chi connectivity index (χ0n) is 18.8. The molecule has 0 atom stereocenters. The molecule has 0 bridgehead atoms. The van der Waals surface area contributed by atoms with Crippen molar-refractivity contribution in [2.45, 2.75) is 5.16 Å². The number of carbonyl (C=O) groups excluding carboxylic acids is 1. The first kappa shape index (κ1) is 23.7. The standard InChI is InChI=1S/C21H26N8O3S/c1-28(2)15-7-5-14(6-8-15)12-23-25-20-26-27-21(29(20)22)33-13-19(30)24-17-10-9-16(31-3)11-18(17)32-4/h5-12H,13,22H2,1-4H3,(H,24,30)(H,25,26)/b23-12+. The minimum absolute atomic E-state index is 0.0754. The molecule has 3 aromatic rings. The normalized spacial score (nSPS) is 10.8. The summed E-state index contributed by atoms with van der Waals surface area (Å²) >= 11 is 1.14. The van der Waals surface area contributed by atoms with Gasteiger partial charge in [0.25, 0.3) is 5.95 Å². The Kier molecular flexibility index (Phi) is 7.97. The summed E-state index contributed by atoms with van der Waals surface area (Å²) in [6, 6.07) is 13.0. The van der Waals surface area contributed by atoms with E-state index in [0.717, 1.165) is 23.0 Å². The van der Waals surface area contributed by atoms with E-state index in [1.165, 1.54) is 11.8 Å². The largest absolute Gasteiger partial charge is 0.497 e. The summed E-state index contributed by atoms with van der Waals surface area (Å²) in [4.78, 5) is 14.4. The van der Waals surface area contributed by atoms with E-state index in [0.29, 0.717) is 22.3 Å². The van der Waals surface area contributed by atoms with Crippen LogP contribution in [0, 0.1) is 0 Å². The van der Waals surface area contributed by atoms with Gasteiger partial charge in [0.1, 0.15) is 11.5 Å². The molecule has 2 aromatic carbocycles. The molecule has 0 saturated heterocycles. The van der Waals surface area contributed by atoms with Crippen molar-refractivity contribution in [2.24, 2.45) is 5.10 Å². The third-order valence-corrected chi connectivity index (χ3v) is 5.41. The van der Waals surface area contributed by atoms with E-state index in [1.807, 2.05) is 43.3 Å². The molecule has 11 nitrogen and oxygen atoms in total. The van der Waals surface area contributed by atoms with Gasteiger partial charge in [-0.25, -0.2) is 10.1 Å². The maximum atomic E-state index is 12.4. The van der Waals surface area contributed by atoms with Crippen LogP contribution in [-0.2, 0) is 4.79 Å². The molecule has 0 saturated carbocycles.